The summed E-state index contributed by atoms with van der Waals surface area (Å²) in [6.07, 6.45) is 2.64. The lowest BCUT2D eigenvalue weighted by molar-refractivity contribution is 0.188. The molecule has 1 aromatic carbocycles. The Morgan fingerprint density at radius 2 is 1.60 bits per heavy atom. The van der Waals surface area contributed by atoms with Crippen molar-refractivity contribution in [1.29, 1.82) is 0 Å². The van der Waals surface area contributed by atoms with Crippen LogP contribution in [0, 0.1) is 0 Å². The van der Waals surface area contributed by atoms with Crippen LogP contribution >= 0.6 is 0 Å². The van der Waals surface area contributed by atoms with E-state index in [1.165, 1.54) is 5.19 Å². The second-order valence-electron chi connectivity index (χ2n) is 4.43. The Morgan fingerprint density at radius 3 is 2.07 bits per heavy atom. The summed E-state index contributed by atoms with van der Waals surface area (Å²) in [5, 5.41) is 1.39. The van der Waals surface area contributed by atoms with E-state index in [0.29, 0.717) is 6.10 Å². The fourth-order valence-electron chi connectivity index (χ4n) is 1.78. The molecule has 0 aromatic heterocycles. The lowest BCUT2D eigenvalue weighted by atomic mass is 10.2. The lowest BCUT2D eigenvalue weighted by Gasteiger charge is -2.28. The Kier molecular flexibility index (Phi) is 4.55. The topological polar surface area (TPSA) is 9.23 Å². The fraction of sp³-hybridized carbons (Fsp3) is 0.538. The maximum absolute atomic E-state index is 6.26. The summed E-state index contributed by atoms with van der Waals surface area (Å²) >= 11 is 0. The summed E-state index contributed by atoms with van der Waals surface area (Å²) in [5.41, 5.74) is 0. The van der Waals surface area contributed by atoms with Crippen molar-refractivity contribution in [1.82, 2.24) is 0 Å². The average Bonchev–Trinajstić information content (AvgIpc) is 2.27. The van der Waals surface area contributed by atoms with Gasteiger partial charge in [-0.2, -0.15) is 0 Å². The molecular weight excluding hydrogens is 200 g/mol. The first-order valence-electron chi connectivity index (χ1n) is 5.83. The van der Waals surface area contributed by atoms with Crippen molar-refractivity contribution < 1.29 is 4.43 Å². The number of rotatable bonds is 5. The van der Waals surface area contributed by atoms with E-state index in [-0.39, 0.29) is 0 Å². The summed E-state index contributed by atoms with van der Waals surface area (Å²) in [6.45, 7) is 8.95. The van der Waals surface area contributed by atoms with Crippen LogP contribution in [0.3, 0.4) is 0 Å². The Hall–Kier alpha value is -0.603. The molecule has 1 aromatic rings. The van der Waals surface area contributed by atoms with Crippen LogP contribution in [0.15, 0.2) is 30.3 Å². The van der Waals surface area contributed by atoms with E-state index in [1.54, 1.807) is 0 Å². The highest BCUT2D eigenvalue weighted by Crippen LogP contribution is 2.13. The minimum atomic E-state index is -1.68. The molecule has 0 spiro atoms. The zero-order valence-corrected chi connectivity index (χ0v) is 11.3. The molecule has 1 rings (SSSR count). The van der Waals surface area contributed by atoms with Crippen molar-refractivity contribution in [3.8, 4) is 0 Å². The first-order chi connectivity index (χ1) is 7.10. The first kappa shape index (κ1) is 12.5. The van der Waals surface area contributed by atoms with Gasteiger partial charge < -0.3 is 4.43 Å². The highest BCUT2D eigenvalue weighted by Gasteiger charge is 2.27. The van der Waals surface area contributed by atoms with E-state index in [2.05, 4.69) is 57.3 Å². The van der Waals surface area contributed by atoms with Gasteiger partial charge in [0, 0.05) is 6.10 Å². The minimum Gasteiger partial charge on any atom is -0.410 e. The van der Waals surface area contributed by atoms with Crippen molar-refractivity contribution in [2.75, 3.05) is 0 Å². The SMILES string of the molecule is CCC(CC)O[Si](C)(C)c1ccccc1. The summed E-state index contributed by atoms with van der Waals surface area (Å²) in [7, 11) is -1.68. The van der Waals surface area contributed by atoms with Gasteiger partial charge in [0.25, 0.3) is 0 Å². The molecule has 0 unspecified atom stereocenters. The lowest BCUT2D eigenvalue weighted by Crippen LogP contribution is -2.47. The van der Waals surface area contributed by atoms with Gasteiger partial charge in [-0.1, -0.05) is 44.2 Å². The number of hydrogen-bond donors (Lipinski definition) is 0. The molecule has 0 saturated heterocycles. The molecule has 0 radical (unpaired) electrons. The van der Waals surface area contributed by atoms with Gasteiger partial charge in [0.05, 0.1) is 0 Å². The van der Waals surface area contributed by atoms with Crippen LogP contribution in [0.2, 0.25) is 13.1 Å². The van der Waals surface area contributed by atoms with Crippen LogP contribution in [-0.4, -0.2) is 14.4 Å². The van der Waals surface area contributed by atoms with E-state index in [1.807, 2.05) is 0 Å². The molecule has 15 heavy (non-hydrogen) atoms. The summed E-state index contributed by atoms with van der Waals surface area (Å²) in [5.74, 6) is 0. The fourth-order valence-corrected chi connectivity index (χ4v) is 4.08. The summed E-state index contributed by atoms with van der Waals surface area (Å²) < 4.78 is 6.26. The quantitative estimate of drug-likeness (QED) is 0.695. The summed E-state index contributed by atoms with van der Waals surface area (Å²) in [4.78, 5) is 0. The van der Waals surface area contributed by atoms with Crippen molar-refractivity contribution in [2.24, 2.45) is 0 Å². The molecule has 0 amide bonds. The van der Waals surface area contributed by atoms with E-state index in [9.17, 15) is 0 Å². The largest absolute Gasteiger partial charge is 0.410 e. The molecule has 0 bridgehead atoms. The smallest absolute Gasteiger partial charge is 0.218 e. The molecular formula is C13H22OSi. The number of benzene rings is 1. The Morgan fingerprint density at radius 1 is 1.07 bits per heavy atom. The van der Waals surface area contributed by atoms with Crippen LogP contribution in [-0.2, 0) is 4.43 Å². The summed E-state index contributed by atoms with van der Waals surface area (Å²) in [6, 6.07) is 10.6. The van der Waals surface area contributed by atoms with Gasteiger partial charge in [-0.05, 0) is 31.1 Å². The minimum absolute atomic E-state index is 0.423. The predicted octanol–water partition coefficient (Wildman–Crippen LogP) is 3.30. The molecule has 2 heteroatoms. The maximum Gasteiger partial charge on any atom is 0.218 e. The Labute approximate surface area is 94.6 Å². The molecule has 0 saturated carbocycles. The first-order valence-corrected chi connectivity index (χ1v) is 8.74. The Balaban J connectivity index is 2.74. The van der Waals surface area contributed by atoms with Gasteiger partial charge in [-0.25, -0.2) is 0 Å². The third-order valence-corrected chi connectivity index (χ3v) is 5.49. The second-order valence-corrected chi connectivity index (χ2v) is 8.27. The van der Waals surface area contributed by atoms with Gasteiger partial charge in [-0.15, -0.1) is 0 Å². The zero-order valence-electron chi connectivity index (χ0n) is 10.3. The van der Waals surface area contributed by atoms with Crippen molar-refractivity contribution >= 4 is 13.5 Å². The number of hydrogen-bond acceptors (Lipinski definition) is 1. The van der Waals surface area contributed by atoms with Crippen molar-refractivity contribution in [2.45, 2.75) is 45.9 Å². The third-order valence-electron chi connectivity index (χ3n) is 2.84. The molecule has 1 nitrogen and oxygen atoms in total. The maximum atomic E-state index is 6.26. The molecule has 0 N–H and O–H groups in total. The van der Waals surface area contributed by atoms with E-state index >= 15 is 0 Å². The molecule has 0 aliphatic carbocycles. The van der Waals surface area contributed by atoms with Gasteiger partial charge in [0.1, 0.15) is 0 Å². The van der Waals surface area contributed by atoms with Crippen LogP contribution in [0.5, 0.6) is 0 Å². The van der Waals surface area contributed by atoms with Crippen molar-refractivity contribution in [3.05, 3.63) is 30.3 Å². The van der Waals surface area contributed by atoms with Crippen LogP contribution in [0.4, 0.5) is 0 Å². The standard InChI is InChI=1S/C13H22OSi/c1-5-12(6-2)14-15(3,4)13-10-8-7-9-11-13/h7-12H,5-6H2,1-4H3. The molecule has 0 heterocycles. The van der Waals surface area contributed by atoms with Gasteiger partial charge in [0.15, 0.2) is 0 Å². The van der Waals surface area contributed by atoms with Crippen LogP contribution in [0.1, 0.15) is 26.7 Å². The molecule has 0 aliphatic rings. The molecule has 84 valence electrons. The van der Waals surface area contributed by atoms with E-state index in [4.69, 9.17) is 4.43 Å². The highest BCUT2D eigenvalue weighted by molar-refractivity contribution is 6.84. The average molecular weight is 222 g/mol. The van der Waals surface area contributed by atoms with E-state index in [0.717, 1.165) is 12.8 Å². The van der Waals surface area contributed by atoms with E-state index < -0.39 is 8.32 Å². The zero-order chi connectivity index (χ0) is 11.3. The normalized spacial score (nSPS) is 12.1. The van der Waals surface area contributed by atoms with Gasteiger partial charge >= 0.3 is 0 Å². The van der Waals surface area contributed by atoms with Crippen molar-refractivity contribution in [3.63, 3.8) is 0 Å². The molecule has 0 atom stereocenters. The molecule has 0 fully saturated rings. The van der Waals surface area contributed by atoms with Gasteiger partial charge in [0.2, 0.25) is 8.32 Å². The highest BCUT2D eigenvalue weighted by atomic mass is 28.4. The third kappa shape index (κ3) is 3.47. The molecule has 0 aliphatic heterocycles. The second kappa shape index (κ2) is 5.47. The van der Waals surface area contributed by atoms with Gasteiger partial charge in [-0.3, -0.25) is 0 Å². The monoisotopic (exact) mass is 222 g/mol. The van der Waals surface area contributed by atoms with Crippen LogP contribution in [0.25, 0.3) is 0 Å². The van der Waals surface area contributed by atoms with Crippen LogP contribution < -0.4 is 5.19 Å². The Bertz CT molecular complexity index is 278. The predicted molar refractivity (Wildman–Crippen MR) is 69.0 cm³/mol.